The number of rotatable bonds is 2. The highest BCUT2D eigenvalue weighted by Gasteiger charge is 2.30. The molecule has 0 unspecified atom stereocenters. The highest BCUT2D eigenvalue weighted by molar-refractivity contribution is 7.73. The number of alkyl halides is 3. The van der Waals surface area contributed by atoms with Crippen LogP contribution in [0.15, 0.2) is 29.2 Å². The van der Waals surface area contributed by atoms with Gasteiger partial charge in [0.05, 0.1) is 0 Å². The molecule has 78 valence electrons. The summed E-state index contributed by atoms with van der Waals surface area (Å²) in [6.45, 7) is 0. The molecule has 1 rings (SSSR count). The van der Waals surface area contributed by atoms with Crippen LogP contribution in [0.4, 0.5) is 13.2 Å². The topological polar surface area (TPSA) is 50.2 Å². The second-order valence-electron chi connectivity index (χ2n) is 2.29. The quantitative estimate of drug-likeness (QED) is 0.785. The van der Waals surface area contributed by atoms with Gasteiger partial charge in [0.2, 0.25) is 0 Å². The van der Waals surface area contributed by atoms with Crippen molar-refractivity contribution in [1.29, 1.82) is 4.78 Å². The largest absolute Gasteiger partial charge is 0.573 e. The van der Waals surface area contributed by atoms with Gasteiger partial charge in [0.25, 0.3) is 0 Å². The molecule has 14 heavy (non-hydrogen) atoms. The Hall–Kier alpha value is -1.24. The lowest BCUT2D eigenvalue weighted by Crippen LogP contribution is -2.16. The Morgan fingerprint density at radius 3 is 2.07 bits per heavy atom. The first-order valence-electron chi connectivity index (χ1n) is 3.37. The molecule has 0 fully saturated rings. The molecule has 7 heteroatoms. The van der Waals surface area contributed by atoms with E-state index in [9.17, 15) is 17.4 Å². The lowest BCUT2D eigenvalue weighted by Gasteiger charge is -2.09. The summed E-state index contributed by atoms with van der Waals surface area (Å²) in [6.07, 6.45) is -4.73. The van der Waals surface area contributed by atoms with Crippen molar-refractivity contribution in [3.63, 3.8) is 0 Å². The van der Waals surface area contributed by atoms with Gasteiger partial charge >= 0.3 is 6.36 Å². The Labute approximate surface area is 79.5 Å². The zero-order valence-electron chi connectivity index (χ0n) is 6.67. The fraction of sp³-hybridized carbons (Fsp3) is 0.143. The molecule has 0 spiro atoms. The Morgan fingerprint density at radius 1 is 1.21 bits per heavy atom. The maximum Gasteiger partial charge on any atom is 0.573 e. The van der Waals surface area contributed by atoms with Gasteiger partial charge in [0, 0.05) is 0 Å². The van der Waals surface area contributed by atoms with Crippen molar-refractivity contribution in [3.05, 3.63) is 24.3 Å². The summed E-state index contributed by atoms with van der Waals surface area (Å²) >= 11 is 0. The number of hydrogen-bond acceptors (Lipinski definition) is 4. The van der Waals surface area contributed by atoms with E-state index in [1.165, 1.54) is 0 Å². The van der Waals surface area contributed by atoms with Crippen molar-refractivity contribution in [2.75, 3.05) is 0 Å². The average Bonchev–Trinajstić information content (AvgIpc) is 2.02. The molecule has 0 atom stereocenters. The van der Waals surface area contributed by atoms with Gasteiger partial charge in [-0.25, -0.2) is 0 Å². The lowest BCUT2D eigenvalue weighted by molar-refractivity contribution is -0.274. The third-order valence-corrected chi connectivity index (χ3v) is 1.97. The molecule has 0 aliphatic carbocycles. The molecule has 0 amide bonds. The smallest absolute Gasteiger partial charge is 0.440 e. The number of ether oxygens (including phenoxy) is 1. The molecule has 1 aromatic carbocycles. The van der Waals surface area contributed by atoms with Crippen molar-refractivity contribution in [1.82, 2.24) is 0 Å². The Bertz CT molecular complexity index is 375. The van der Waals surface area contributed by atoms with E-state index in [1.54, 1.807) is 0 Å². The highest BCUT2D eigenvalue weighted by Crippen LogP contribution is 2.22. The van der Waals surface area contributed by atoms with Gasteiger partial charge in [-0.15, -0.1) is 13.2 Å². The molecule has 1 aromatic rings. The summed E-state index contributed by atoms with van der Waals surface area (Å²) in [5, 5.41) is 0. The van der Waals surface area contributed by atoms with E-state index in [-0.39, 0.29) is 4.90 Å². The lowest BCUT2D eigenvalue weighted by atomic mass is 10.3. The van der Waals surface area contributed by atoms with Gasteiger partial charge < -0.3 is 13.7 Å². The number of halogens is 3. The maximum absolute atomic E-state index is 11.7. The van der Waals surface area contributed by atoms with Crippen molar-refractivity contribution in [2.24, 2.45) is 0 Å². The van der Waals surface area contributed by atoms with E-state index < -0.39 is 22.7 Å². The van der Waals surface area contributed by atoms with Crippen LogP contribution in [-0.2, 0) is 14.8 Å². The Morgan fingerprint density at radius 2 is 1.71 bits per heavy atom. The minimum absolute atomic E-state index is 0.125. The molecule has 0 bridgehead atoms. The van der Waals surface area contributed by atoms with Crippen molar-refractivity contribution in [2.45, 2.75) is 11.3 Å². The van der Waals surface area contributed by atoms with Crippen molar-refractivity contribution < 1.29 is 22.1 Å². The third kappa shape index (κ3) is 3.25. The van der Waals surface area contributed by atoms with Crippen LogP contribution in [0.1, 0.15) is 0 Å². The van der Waals surface area contributed by atoms with E-state index in [0.29, 0.717) is 0 Å². The monoisotopic (exact) mass is 224 g/mol. The van der Waals surface area contributed by atoms with Gasteiger partial charge in [-0.05, 0) is 12.1 Å². The molecule has 0 heterocycles. The zero-order valence-corrected chi connectivity index (χ0v) is 7.48. The SMILES string of the molecule is N=[S-](=O)c1ccc(OC(F)(F)F)cc1. The normalized spacial score (nSPS) is 11.7. The second kappa shape index (κ2) is 3.87. The summed E-state index contributed by atoms with van der Waals surface area (Å²) < 4.78 is 56.0. The fourth-order valence-electron chi connectivity index (χ4n) is 0.765. The highest BCUT2D eigenvalue weighted by atomic mass is 32.2. The van der Waals surface area contributed by atoms with Crippen molar-refractivity contribution in [3.8, 4) is 5.75 Å². The average molecular weight is 224 g/mol. The van der Waals surface area contributed by atoms with Gasteiger partial charge in [0.15, 0.2) is 0 Å². The van der Waals surface area contributed by atoms with E-state index in [4.69, 9.17) is 4.78 Å². The first-order chi connectivity index (χ1) is 6.38. The predicted molar refractivity (Wildman–Crippen MR) is 42.2 cm³/mol. The van der Waals surface area contributed by atoms with Crippen LogP contribution in [-0.4, -0.2) is 6.36 Å². The van der Waals surface area contributed by atoms with Gasteiger partial charge in [-0.3, -0.25) is 0 Å². The molecular formula is C7H5F3NO2S-. The van der Waals surface area contributed by atoms with Crippen LogP contribution >= 0.6 is 0 Å². The second-order valence-corrected chi connectivity index (χ2v) is 3.30. The molecule has 3 nitrogen and oxygen atoms in total. The van der Waals surface area contributed by atoms with E-state index in [0.717, 1.165) is 24.3 Å². The van der Waals surface area contributed by atoms with Crippen LogP contribution < -0.4 is 4.74 Å². The van der Waals surface area contributed by atoms with E-state index >= 15 is 0 Å². The molecule has 0 aliphatic rings. The molecule has 0 saturated carbocycles. The fourth-order valence-corrected chi connectivity index (χ4v) is 1.15. The molecule has 0 aliphatic heterocycles. The van der Waals surface area contributed by atoms with E-state index in [1.807, 2.05) is 0 Å². The minimum atomic E-state index is -4.73. The number of benzene rings is 1. The van der Waals surface area contributed by atoms with Crippen LogP contribution in [0.3, 0.4) is 0 Å². The molecule has 0 radical (unpaired) electrons. The summed E-state index contributed by atoms with van der Waals surface area (Å²) in [6, 6.07) is 4.30. The first-order valence-corrected chi connectivity index (χ1v) is 4.52. The maximum atomic E-state index is 11.7. The Kier molecular flexibility index (Phi) is 3.00. The minimum Gasteiger partial charge on any atom is -0.440 e. The number of hydrogen-bond donors (Lipinski definition) is 1. The summed E-state index contributed by atoms with van der Waals surface area (Å²) in [5.74, 6) is -0.397. The zero-order chi connectivity index (χ0) is 10.8. The van der Waals surface area contributed by atoms with Gasteiger partial charge in [0.1, 0.15) is 5.75 Å². The standard InChI is InChI=1S/C7H5F3NO2S/c8-7(9,10)13-5-1-3-6(4-2-5)14(11)12/h1-4,11H/q-1. The van der Waals surface area contributed by atoms with E-state index in [2.05, 4.69) is 4.74 Å². The molecule has 0 aromatic heterocycles. The predicted octanol–water partition coefficient (Wildman–Crippen LogP) is 2.67. The van der Waals surface area contributed by atoms with Crippen LogP contribution in [0.5, 0.6) is 5.75 Å². The molecule has 0 saturated heterocycles. The van der Waals surface area contributed by atoms with Gasteiger partial charge in [-0.2, -0.15) is 10.6 Å². The van der Waals surface area contributed by atoms with Crippen molar-refractivity contribution >= 4 is 10.6 Å². The summed E-state index contributed by atoms with van der Waals surface area (Å²) in [5.41, 5.74) is 0. The summed E-state index contributed by atoms with van der Waals surface area (Å²) in [4.78, 5) is 0.125. The van der Waals surface area contributed by atoms with Crippen LogP contribution in [0.25, 0.3) is 0 Å². The van der Waals surface area contributed by atoms with Gasteiger partial charge in [-0.1, -0.05) is 17.0 Å². The Balaban J connectivity index is 2.84. The first kappa shape index (κ1) is 10.8. The molecular weight excluding hydrogens is 219 g/mol. The molecule has 1 N–H and O–H groups in total. The third-order valence-electron chi connectivity index (χ3n) is 1.27. The summed E-state index contributed by atoms with van der Waals surface area (Å²) in [7, 11) is -1.95. The number of nitrogens with one attached hydrogen (secondary N) is 1. The van der Waals surface area contributed by atoms with Crippen LogP contribution in [0, 0.1) is 4.78 Å². The van der Waals surface area contributed by atoms with Crippen LogP contribution in [0.2, 0.25) is 0 Å².